The summed E-state index contributed by atoms with van der Waals surface area (Å²) < 4.78 is 24.3. The first kappa shape index (κ1) is 16.2. The van der Waals surface area contributed by atoms with Crippen LogP contribution in [0, 0.1) is 0 Å². The molecule has 19 heavy (non-hydrogen) atoms. The van der Waals surface area contributed by atoms with Gasteiger partial charge in [0.1, 0.15) is 9.84 Å². The van der Waals surface area contributed by atoms with Gasteiger partial charge in [-0.05, 0) is 18.9 Å². The van der Waals surface area contributed by atoms with E-state index >= 15 is 0 Å². The Balaban J connectivity index is 2.81. The predicted octanol–water partition coefficient (Wildman–Crippen LogP) is 1.55. The molecule has 0 aliphatic heterocycles. The van der Waals surface area contributed by atoms with Gasteiger partial charge in [-0.1, -0.05) is 20.8 Å². The number of hydrogen-bond donors (Lipinski definition) is 1. The molecule has 0 saturated heterocycles. The molecule has 6 heteroatoms. The fraction of sp³-hybridized carbons (Fsp3) is 0.769. The van der Waals surface area contributed by atoms with Crippen LogP contribution in [0.1, 0.15) is 44.4 Å². The van der Waals surface area contributed by atoms with Gasteiger partial charge >= 0.3 is 0 Å². The van der Waals surface area contributed by atoms with Gasteiger partial charge in [0.15, 0.2) is 0 Å². The normalized spacial score (nSPS) is 12.3. The van der Waals surface area contributed by atoms with E-state index in [1.165, 1.54) is 6.26 Å². The van der Waals surface area contributed by atoms with Crippen LogP contribution in [0.4, 0.5) is 0 Å². The van der Waals surface area contributed by atoms with Gasteiger partial charge < -0.3 is 5.32 Å². The second kappa shape index (κ2) is 7.05. The summed E-state index contributed by atoms with van der Waals surface area (Å²) in [5, 5.41) is 7.69. The SMILES string of the molecule is CCCNCc1cnn(CCS(C)(=O)=O)c1C(C)C. The number of hydrogen-bond acceptors (Lipinski definition) is 4. The molecule has 0 aliphatic rings. The summed E-state index contributed by atoms with van der Waals surface area (Å²) in [6, 6.07) is 0. The molecule has 1 aromatic rings. The highest BCUT2D eigenvalue weighted by molar-refractivity contribution is 7.90. The van der Waals surface area contributed by atoms with E-state index in [1.54, 1.807) is 0 Å². The standard InChI is InChI=1S/C13H25N3O2S/c1-5-6-14-9-12-10-15-16(13(12)11(2)3)7-8-19(4,17)18/h10-11,14H,5-9H2,1-4H3. The van der Waals surface area contributed by atoms with E-state index in [0.717, 1.165) is 30.8 Å². The van der Waals surface area contributed by atoms with E-state index in [9.17, 15) is 8.42 Å². The summed E-state index contributed by atoms with van der Waals surface area (Å²) >= 11 is 0. The quantitative estimate of drug-likeness (QED) is 0.737. The van der Waals surface area contributed by atoms with E-state index in [4.69, 9.17) is 0 Å². The Bertz CT molecular complexity index is 492. The number of nitrogens with one attached hydrogen (secondary N) is 1. The molecule has 5 nitrogen and oxygen atoms in total. The van der Waals surface area contributed by atoms with Crippen molar-refractivity contribution in [1.29, 1.82) is 0 Å². The first-order valence-electron chi connectivity index (χ1n) is 6.78. The Morgan fingerprint density at radius 2 is 2.11 bits per heavy atom. The number of aryl methyl sites for hydroxylation is 1. The Hall–Kier alpha value is -0.880. The third kappa shape index (κ3) is 5.32. The van der Waals surface area contributed by atoms with Crippen molar-refractivity contribution in [3.8, 4) is 0 Å². The van der Waals surface area contributed by atoms with E-state index in [0.29, 0.717) is 12.5 Å². The number of sulfone groups is 1. The molecule has 1 rings (SSSR count). The molecule has 0 atom stereocenters. The van der Waals surface area contributed by atoms with Crippen molar-refractivity contribution in [1.82, 2.24) is 15.1 Å². The summed E-state index contributed by atoms with van der Waals surface area (Å²) in [7, 11) is -2.95. The molecule has 0 fully saturated rings. The number of nitrogens with zero attached hydrogens (tertiary/aromatic N) is 2. The highest BCUT2D eigenvalue weighted by Gasteiger charge is 2.15. The molecular weight excluding hydrogens is 262 g/mol. The molecule has 1 aromatic heterocycles. The smallest absolute Gasteiger partial charge is 0.149 e. The van der Waals surface area contributed by atoms with Gasteiger partial charge in [-0.3, -0.25) is 4.68 Å². The van der Waals surface area contributed by atoms with Gasteiger partial charge in [0.2, 0.25) is 0 Å². The van der Waals surface area contributed by atoms with Crippen LogP contribution in [0.5, 0.6) is 0 Å². The van der Waals surface area contributed by atoms with Gasteiger partial charge in [0, 0.05) is 24.1 Å². The van der Waals surface area contributed by atoms with E-state index in [1.807, 2.05) is 10.9 Å². The molecule has 1 heterocycles. The molecule has 0 unspecified atom stereocenters. The van der Waals surface area contributed by atoms with Crippen LogP contribution in [0.2, 0.25) is 0 Å². The van der Waals surface area contributed by atoms with Crippen LogP contribution >= 0.6 is 0 Å². The minimum Gasteiger partial charge on any atom is -0.313 e. The van der Waals surface area contributed by atoms with Crippen molar-refractivity contribution >= 4 is 9.84 Å². The van der Waals surface area contributed by atoms with Crippen molar-refractivity contribution in [3.05, 3.63) is 17.5 Å². The largest absolute Gasteiger partial charge is 0.313 e. The first-order chi connectivity index (χ1) is 8.85. The van der Waals surface area contributed by atoms with Crippen LogP contribution in [0.25, 0.3) is 0 Å². The van der Waals surface area contributed by atoms with Crippen molar-refractivity contribution in [2.45, 2.75) is 46.2 Å². The van der Waals surface area contributed by atoms with Crippen LogP contribution in [0.15, 0.2) is 6.20 Å². The van der Waals surface area contributed by atoms with Crippen LogP contribution < -0.4 is 5.32 Å². The topological polar surface area (TPSA) is 64.0 Å². The van der Waals surface area contributed by atoms with E-state index in [-0.39, 0.29) is 5.75 Å². The average molecular weight is 287 g/mol. The fourth-order valence-corrected chi connectivity index (χ4v) is 2.57. The minimum absolute atomic E-state index is 0.135. The van der Waals surface area contributed by atoms with Gasteiger partial charge in [-0.25, -0.2) is 8.42 Å². The van der Waals surface area contributed by atoms with Crippen LogP contribution in [0.3, 0.4) is 0 Å². The summed E-state index contributed by atoms with van der Waals surface area (Å²) in [5.74, 6) is 0.469. The molecule has 0 amide bonds. The van der Waals surface area contributed by atoms with Crippen molar-refractivity contribution < 1.29 is 8.42 Å². The third-order valence-electron chi connectivity index (χ3n) is 2.92. The molecule has 1 N–H and O–H groups in total. The monoisotopic (exact) mass is 287 g/mol. The Labute approximate surface area is 116 Å². The molecule has 0 radical (unpaired) electrons. The second-order valence-electron chi connectivity index (χ2n) is 5.24. The highest BCUT2D eigenvalue weighted by atomic mass is 32.2. The summed E-state index contributed by atoms with van der Waals surface area (Å²) in [4.78, 5) is 0. The number of rotatable bonds is 8. The lowest BCUT2D eigenvalue weighted by atomic mass is 10.1. The maximum atomic E-state index is 11.2. The third-order valence-corrected chi connectivity index (χ3v) is 3.85. The Kier molecular flexibility index (Phi) is 6.00. The van der Waals surface area contributed by atoms with Gasteiger partial charge in [-0.15, -0.1) is 0 Å². The Morgan fingerprint density at radius 1 is 1.42 bits per heavy atom. The molecule has 0 spiro atoms. The van der Waals surface area contributed by atoms with Gasteiger partial charge in [-0.2, -0.15) is 5.10 Å². The maximum Gasteiger partial charge on any atom is 0.149 e. The minimum atomic E-state index is -2.95. The zero-order valence-corrected chi connectivity index (χ0v) is 13.1. The fourth-order valence-electron chi connectivity index (χ4n) is 2.07. The summed E-state index contributed by atoms with van der Waals surface area (Å²) in [6.07, 6.45) is 4.20. The molecule has 0 saturated carbocycles. The number of aromatic nitrogens is 2. The van der Waals surface area contributed by atoms with Gasteiger partial charge in [0.25, 0.3) is 0 Å². The molecule has 0 aromatic carbocycles. The lowest BCUT2D eigenvalue weighted by Crippen LogP contribution is -2.18. The zero-order chi connectivity index (χ0) is 14.5. The molecule has 110 valence electrons. The zero-order valence-electron chi connectivity index (χ0n) is 12.3. The summed E-state index contributed by atoms with van der Waals surface area (Å²) in [6.45, 7) is 8.55. The van der Waals surface area contributed by atoms with Crippen LogP contribution in [-0.2, 0) is 22.9 Å². The maximum absolute atomic E-state index is 11.2. The van der Waals surface area contributed by atoms with Gasteiger partial charge in [0.05, 0.1) is 18.5 Å². The second-order valence-corrected chi connectivity index (χ2v) is 7.50. The van der Waals surface area contributed by atoms with E-state index in [2.05, 4.69) is 31.2 Å². The predicted molar refractivity (Wildman–Crippen MR) is 78.0 cm³/mol. The Morgan fingerprint density at radius 3 is 2.63 bits per heavy atom. The molecule has 0 aliphatic carbocycles. The molecule has 0 bridgehead atoms. The van der Waals surface area contributed by atoms with Crippen molar-refractivity contribution in [2.24, 2.45) is 0 Å². The molecular formula is C13H25N3O2S. The summed E-state index contributed by atoms with van der Waals surface area (Å²) in [5.41, 5.74) is 2.30. The first-order valence-corrected chi connectivity index (χ1v) is 8.84. The lowest BCUT2D eigenvalue weighted by Gasteiger charge is -2.13. The van der Waals surface area contributed by atoms with Crippen LogP contribution in [-0.4, -0.2) is 36.8 Å². The van der Waals surface area contributed by atoms with Crippen molar-refractivity contribution in [2.75, 3.05) is 18.6 Å². The van der Waals surface area contributed by atoms with E-state index < -0.39 is 9.84 Å². The average Bonchev–Trinajstić information content (AvgIpc) is 2.69. The highest BCUT2D eigenvalue weighted by Crippen LogP contribution is 2.19. The van der Waals surface area contributed by atoms with Crippen molar-refractivity contribution in [3.63, 3.8) is 0 Å². The lowest BCUT2D eigenvalue weighted by molar-refractivity contribution is 0.566.